The minimum atomic E-state index is -0.280. The third-order valence-electron chi connectivity index (χ3n) is 4.17. The molecule has 0 radical (unpaired) electrons. The summed E-state index contributed by atoms with van der Waals surface area (Å²) in [6.07, 6.45) is 3.45. The predicted octanol–water partition coefficient (Wildman–Crippen LogP) is 2.35. The van der Waals surface area contributed by atoms with E-state index in [0.717, 1.165) is 18.5 Å². The van der Waals surface area contributed by atoms with Gasteiger partial charge in [-0.2, -0.15) is 0 Å². The lowest BCUT2D eigenvalue weighted by Gasteiger charge is -2.27. The first kappa shape index (κ1) is 14.3. The summed E-state index contributed by atoms with van der Waals surface area (Å²) in [7, 11) is 1.75. The quantitative estimate of drug-likeness (QED) is 0.904. The molecule has 19 heavy (non-hydrogen) atoms. The van der Waals surface area contributed by atoms with Crippen LogP contribution in [-0.2, 0) is 4.79 Å². The molecule has 2 aliphatic rings. The van der Waals surface area contributed by atoms with Crippen LogP contribution in [0.25, 0.3) is 0 Å². The number of nitrogens with zero attached hydrogens (tertiary/aromatic N) is 1. The number of rotatable bonds is 2. The number of carbonyl (C=O) groups excluding carboxylic acids is 1. The Kier molecular flexibility index (Phi) is 4.11. The average Bonchev–Trinajstić information content (AvgIpc) is 3.00. The second-order valence-electron chi connectivity index (χ2n) is 5.29. The molecular formula is C14H18ClFN2O. The van der Waals surface area contributed by atoms with Gasteiger partial charge in [0.2, 0.25) is 5.91 Å². The second kappa shape index (κ2) is 5.47. The Balaban J connectivity index is 0.00000133. The monoisotopic (exact) mass is 284 g/mol. The van der Waals surface area contributed by atoms with Crippen molar-refractivity contribution in [2.24, 2.45) is 5.92 Å². The molecule has 2 bridgehead atoms. The van der Waals surface area contributed by atoms with E-state index in [2.05, 4.69) is 5.32 Å². The van der Waals surface area contributed by atoms with Gasteiger partial charge >= 0.3 is 0 Å². The zero-order valence-electron chi connectivity index (χ0n) is 10.8. The Morgan fingerprint density at radius 1 is 1.32 bits per heavy atom. The van der Waals surface area contributed by atoms with Crippen molar-refractivity contribution < 1.29 is 9.18 Å². The molecule has 2 fully saturated rings. The number of hydrogen-bond acceptors (Lipinski definition) is 2. The zero-order chi connectivity index (χ0) is 12.7. The van der Waals surface area contributed by atoms with Crippen LogP contribution in [-0.4, -0.2) is 25.0 Å². The Morgan fingerprint density at radius 3 is 2.53 bits per heavy atom. The van der Waals surface area contributed by atoms with Crippen LogP contribution in [0.15, 0.2) is 24.3 Å². The number of benzene rings is 1. The summed E-state index contributed by atoms with van der Waals surface area (Å²) in [6, 6.07) is 6.51. The van der Waals surface area contributed by atoms with Crippen LogP contribution >= 0.6 is 12.4 Å². The number of fused-ring (bicyclic) bond motifs is 2. The number of halogens is 2. The van der Waals surface area contributed by atoms with Crippen LogP contribution in [0.2, 0.25) is 0 Å². The highest BCUT2D eigenvalue weighted by atomic mass is 35.5. The van der Waals surface area contributed by atoms with E-state index in [4.69, 9.17) is 0 Å². The normalized spacial score (nSPS) is 28.0. The van der Waals surface area contributed by atoms with E-state index >= 15 is 0 Å². The van der Waals surface area contributed by atoms with E-state index in [-0.39, 0.29) is 30.2 Å². The maximum Gasteiger partial charge on any atom is 0.244 e. The fourth-order valence-corrected chi connectivity index (χ4v) is 3.13. The van der Waals surface area contributed by atoms with E-state index in [1.165, 1.54) is 18.6 Å². The van der Waals surface area contributed by atoms with Gasteiger partial charge in [-0.3, -0.25) is 4.79 Å². The minimum Gasteiger partial charge on any atom is -0.314 e. The molecule has 1 heterocycles. The molecule has 104 valence electrons. The van der Waals surface area contributed by atoms with Crippen LogP contribution in [0.1, 0.15) is 19.3 Å². The van der Waals surface area contributed by atoms with Crippen molar-refractivity contribution >= 4 is 24.0 Å². The number of amides is 1. The first-order chi connectivity index (χ1) is 8.65. The van der Waals surface area contributed by atoms with Crippen molar-refractivity contribution in [1.29, 1.82) is 0 Å². The van der Waals surface area contributed by atoms with Gasteiger partial charge < -0.3 is 10.2 Å². The predicted molar refractivity (Wildman–Crippen MR) is 75.1 cm³/mol. The molecule has 3 rings (SSSR count). The summed E-state index contributed by atoms with van der Waals surface area (Å²) in [6.45, 7) is 0. The van der Waals surface area contributed by atoms with Gasteiger partial charge in [-0.15, -0.1) is 12.4 Å². The van der Waals surface area contributed by atoms with Crippen LogP contribution in [0.5, 0.6) is 0 Å². The summed E-state index contributed by atoms with van der Waals surface area (Å²) in [5.41, 5.74) is 0.742. The number of hydrogen-bond donors (Lipinski definition) is 1. The molecule has 1 aliphatic carbocycles. The summed E-state index contributed by atoms with van der Waals surface area (Å²) in [5.74, 6) is 0.289. The molecule has 0 spiro atoms. The molecule has 1 saturated heterocycles. The molecule has 0 unspecified atom stereocenters. The van der Waals surface area contributed by atoms with Crippen molar-refractivity contribution in [1.82, 2.24) is 5.32 Å². The van der Waals surface area contributed by atoms with E-state index in [0.29, 0.717) is 12.0 Å². The van der Waals surface area contributed by atoms with Gasteiger partial charge in [0.05, 0.1) is 6.04 Å². The Hall–Kier alpha value is -1.13. The van der Waals surface area contributed by atoms with E-state index in [1.807, 2.05) is 0 Å². The molecule has 3 atom stereocenters. The molecule has 5 heteroatoms. The van der Waals surface area contributed by atoms with Gasteiger partial charge in [-0.1, -0.05) is 0 Å². The molecule has 0 aromatic heterocycles. The molecule has 3 nitrogen and oxygen atoms in total. The van der Waals surface area contributed by atoms with Gasteiger partial charge in [0.1, 0.15) is 5.82 Å². The van der Waals surface area contributed by atoms with Crippen molar-refractivity contribution in [3.05, 3.63) is 30.1 Å². The lowest BCUT2D eigenvalue weighted by atomic mass is 9.99. The Morgan fingerprint density at radius 2 is 2.00 bits per heavy atom. The van der Waals surface area contributed by atoms with E-state index in [9.17, 15) is 9.18 Å². The first-order valence-corrected chi connectivity index (χ1v) is 6.44. The van der Waals surface area contributed by atoms with Crippen molar-refractivity contribution in [3.8, 4) is 0 Å². The van der Waals surface area contributed by atoms with Crippen LogP contribution in [0.3, 0.4) is 0 Å². The summed E-state index contributed by atoms with van der Waals surface area (Å²) < 4.78 is 12.9. The molecule has 1 amide bonds. The average molecular weight is 285 g/mol. The maximum atomic E-state index is 12.9. The molecule has 1 aromatic rings. The van der Waals surface area contributed by atoms with Gasteiger partial charge in [-0.05, 0) is 49.4 Å². The van der Waals surface area contributed by atoms with Gasteiger partial charge in [0.15, 0.2) is 0 Å². The van der Waals surface area contributed by atoms with Crippen LogP contribution in [0.4, 0.5) is 10.1 Å². The highest BCUT2D eigenvalue weighted by Crippen LogP contribution is 2.36. The number of nitrogens with one attached hydrogen (secondary N) is 1. The number of likely N-dealkylation sites (N-methyl/N-ethyl adjacent to an activating group) is 1. The highest BCUT2D eigenvalue weighted by Gasteiger charge is 2.43. The summed E-state index contributed by atoms with van der Waals surface area (Å²) >= 11 is 0. The van der Waals surface area contributed by atoms with Gasteiger partial charge in [0, 0.05) is 18.8 Å². The standard InChI is InChI=1S/C14H17FN2O.ClH/c1-17(12-6-3-10(15)4-7-12)14(18)13-9-2-5-11(8-9)16-13;/h3-4,6-7,9,11,13,16H,2,5,8H2,1H3;1H/t9-,11+,13-;/m0./s1. The summed E-state index contributed by atoms with van der Waals surface area (Å²) in [5, 5.41) is 3.39. The van der Waals surface area contributed by atoms with Crippen molar-refractivity contribution in [3.63, 3.8) is 0 Å². The fraction of sp³-hybridized carbons (Fsp3) is 0.500. The van der Waals surface area contributed by atoms with E-state index < -0.39 is 0 Å². The van der Waals surface area contributed by atoms with Crippen LogP contribution < -0.4 is 10.2 Å². The third-order valence-corrected chi connectivity index (χ3v) is 4.17. The first-order valence-electron chi connectivity index (χ1n) is 6.44. The molecular weight excluding hydrogens is 267 g/mol. The third kappa shape index (κ3) is 2.60. The molecule has 1 saturated carbocycles. The van der Waals surface area contributed by atoms with E-state index in [1.54, 1.807) is 24.1 Å². The topological polar surface area (TPSA) is 32.3 Å². The number of piperidine rings is 1. The van der Waals surface area contributed by atoms with Gasteiger partial charge in [-0.25, -0.2) is 4.39 Å². The Bertz CT molecular complexity index is 465. The Labute approximate surface area is 118 Å². The molecule has 1 aliphatic heterocycles. The molecule has 1 N–H and O–H groups in total. The fourth-order valence-electron chi connectivity index (χ4n) is 3.13. The van der Waals surface area contributed by atoms with Crippen molar-refractivity contribution in [2.75, 3.05) is 11.9 Å². The lowest BCUT2D eigenvalue weighted by Crippen LogP contribution is -2.48. The maximum absolute atomic E-state index is 12.9. The smallest absolute Gasteiger partial charge is 0.244 e. The second-order valence-corrected chi connectivity index (χ2v) is 5.29. The van der Waals surface area contributed by atoms with Crippen LogP contribution in [0, 0.1) is 11.7 Å². The zero-order valence-corrected chi connectivity index (χ0v) is 11.6. The minimum absolute atomic E-state index is 0. The lowest BCUT2D eigenvalue weighted by molar-refractivity contribution is -0.121. The summed E-state index contributed by atoms with van der Waals surface area (Å²) in [4.78, 5) is 14.0. The van der Waals surface area contributed by atoms with Crippen molar-refractivity contribution in [2.45, 2.75) is 31.3 Å². The highest BCUT2D eigenvalue weighted by molar-refractivity contribution is 5.97. The largest absolute Gasteiger partial charge is 0.314 e. The molecule has 1 aromatic carbocycles. The number of carbonyl (C=O) groups is 1. The van der Waals surface area contributed by atoms with Gasteiger partial charge in [0.25, 0.3) is 0 Å². The number of anilines is 1. The SMILES string of the molecule is CN(C(=O)[C@H]1N[C@@H]2CC[C@H]1C2)c1ccc(F)cc1.Cl.